The highest BCUT2D eigenvalue weighted by molar-refractivity contribution is 7.16. The summed E-state index contributed by atoms with van der Waals surface area (Å²) in [5.41, 5.74) is 8.09. The second-order valence-electron chi connectivity index (χ2n) is 8.31. The lowest BCUT2D eigenvalue weighted by atomic mass is 9.76. The molecule has 4 rings (SSSR count). The van der Waals surface area contributed by atoms with Crippen molar-refractivity contribution in [2.75, 3.05) is 0 Å². The van der Waals surface area contributed by atoms with Gasteiger partial charge in [0.15, 0.2) is 0 Å². The van der Waals surface area contributed by atoms with E-state index in [9.17, 15) is 9.90 Å². The Kier molecular flexibility index (Phi) is 5.25. The summed E-state index contributed by atoms with van der Waals surface area (Å²) < 4.78 is 0. The molecule has 0 radical (unpaired) electrons. The second kappa shape index (κ2) is 7.71. The van der Waals surface area contributed by atoms with E-state index >= 15 is 0 Å². The van der Waals surface area contributed by atoms with Crippen molar-refractivity contribution in [3.05, 3.63) is 64.3 Å². The Bertz CT molecular complexity index is 1070. The topological polar surface area (TPSA) is 88.2 Å². The van der Waals surface area contributed by atoms with Crippen molar-refractivity contribution < 1.29 is 9.90 Å². The van der Waals surface area contributed by atoms with Crippen molar-refractivity contribution in [2.45, 2.75) is 39.7 Å². The summed E-state index contributed by atoms with van der Waals surface area (Å²) in [5, 5.41) is 10.0. The van der Waals surface area contributed by atoms with E-state index in [0.29, 0.717) is 12.1 Å². The van der Waals surface area contributed by atoms with Crippen LogP contribution < -0.4 is 11.3 Å². The molecule has 0 unspecified atom stereocenters. The van der Waals surface area contributed by atoms with E-state index in [2.05, 4.69) is 30.3 Å². The number of aryl methyl sites for hydroxylation is 1. The van der Waals surface area contributed by atoms with Gasteiger partial charge < -0.3 is 5.11 Å². The molecule has 1 aliphatic carbocycles. The Labute approximate surface area is 174 Å². The first-order chi connectivity index (χ1) is 13.9. The number of thiophene rings is 1. The smallest absolute Gasteiger partial charge is 0.337 e. The average molecular weight is 408 g/mol. The molecule has 2 heterocycles. The van der Waals surface area contributed by atoms with E-state index in [-0.39, 0.29) is 5.41 Å². The van der Waals surface area contributed by atoms with Gasteiger partial charge in [-0.3, -0.25) is 16.3 Å². The second-order valence-corrected chi connectivity index (χ2v) is 9.42. The SMILES string of the molecule is CC1(C)CCc2sc(-c3cccc(-c4cccnc4CNN)c3)c(C(=O)O)c2C1. The van der Waals surface area contributed by atoms with Gasteiger partial charge in [-0.15, -0.1) is 11.3 Å². The van der Waals surface area contributed by atoms with Crippen molar-refractivity contribution in [3.63, 3.8) is 0 Å². The van der Waals surface area contributed by atoms with E-state index in [0.717, 1.165) is 52.1 Å². The number of hydrogen-bond donors (Lipinski definition) is 3. The quantitative estimate of drug-likeness (QED) is 0.423. The minimum atomic E-state index is -0.838. The predicted octanol–water partition coefficient (Wildman–Crippen LogP) is 4.65. The van der Waals surface area contributed by atoms with Crippen molar-refractivity contribution in [3.8, 4) is 21.6 Å². The van der Waals surface area contributed by atoms with Crippen LogP contribution in [-0.4, -0.2) is 16.1 Å². The van der Waals surface area contributed by atoms with Crippen molar-refractivity contribution in [1.82, 2.24) is 10.4 Å². The molecule has 0 amide bonds. The van der Waals surface area contributed by atoms with Gasteiger partial charge in [0.1, 0.15) is 0 Å². The van der Waals surface area contributed by atoms with Gasteiger partial charge in [0, 0.05) is 21.5 Å². The zero-order valence-electron chi connectivity index (χ0n) is 16.7. The number of carboxylic acid groups (broad SMARTS) is 1. The minimum Gasteiger partial charge on any atom is -0.478 e. The van der Waals surface area contributed by atoms with Gasteiger partial charge in [-0.2, -0.15) is 0 Å². The minimum absolute atomic E-state index is 0.136. The van der Waals surface area contributed by atoms with Gasteiger partial charge in [0.05, 0.1) is 17.8 Å². The molecule has 6 heteroatoms. The van der Waals surface area contributed by atoms with Crippen molar-refractivity contribution in [1.29, 1.82) is 0 Å². The number of benzene rings is 1. The Morgan fingerprint density at radius 1 is 1.28 bits per heavy atom. The molecule has 3 aromatic rings. The lowest BCUT2D eigenvalue weighted by molar-refractivity contribution is 0.0696. The van der Waals surface area contributed by atoms with Gasteiger partial charge in [-0.05, 0) is 53.5 Å². The van der Waals surface area contributed by atoms with E-state index in [1.54, 1.807) is 17.5 Å². The number of rotatable bonds is 5. The van der Waals surface area contributed by atoms with Crippen LogP contribution in [-0.2, 0) is 19.4 Å². The third kappa shape index (κ3) is 3.83. The highest BCUT2D eigenvalue weighted by atomic mass is 32.1. The van der Waals surface area contributed by atoms with Crippen LogP contribution in [0.1, 0.15) is 46.8 Å². The first-order valence-corrected chi connectivity index (χ1v) is 10.6. The molecule has 150 valence electrons. The number of fused-ring (bicyclic) bond motifs is 1. The zero-order valence-corrected chi connectivity index (χ0v) is 17.5. The molecule has 0 atom stereocenters. The number of carboxylic acids is 1. The van der Waals surface area contributed by atoms with Crippen LogP contribution in [0.25, 0.3) is 21.6 Å². The molecular formula is C23H25N3O2S. The van der Waals surface area contributed by atoms with Crippen LogP contribution >= 0.6 is 11.3 Å². The summed E-state index contributed by atoms with van der Waals surface area (Å²) in [6.07, 6.45) is 4.60. The lowest BCUT2D eigenvalue weighted by Crippen LogP contribution is -2.22. The maximum Gasteiger partial charge on any atom is 0.337 e. The molecule has 1 aromatic carbocycles. The molecule has 0 spiro atoms. The zero-order chi connectivity index (χ0) is 20.6. The lowest BCUT2D eigenvalue weighted by Gasteiger charge is -2.29. The van der Waals surface area contributed by atoms with E-state index in [4.69, 9.17) is 5.84 Å². The largest absolute Gasteiger partial charge is 0.478 e. The van der Waals surface area contributed by atoms with Crippen LogP contribution in [0.5, 0.6) is 0 Å². The number of nitrogens with zero attached hydrogens (tertiary/aromatic N) is 1. The summed E-state index contributed by atoms with van der Waals surface area (Å²) in [6.45, 7) is 4.90. The van der Waals surface area contributed by atoms with E-state index in [1.807, 2.05) is 30.3 Å². The van der Waals surface area contributed by atoms with Crippen LogP contribution in [0, 0.1) is 5.41 Å². The maximum atomic E-state index is 12.2. The molecule has 0 bridgehead atoms. The normalized spacial score (nSPS) is 15.1. The number of nitrogens with one attached hydrogen (secondary N) is 1. The summed E-state index contributed by atoms with van der Waals surface area (Å²) in [4.78, 5) is 18.7. The molecule has 5 nitrogen and oxygen atoms in total. The summed E-state index contributed by atoms with van der Waals surface area (Å²) in [6, 6.07) is 12.0. The predicted molar refractivity (Wildman–Crippen MR) is 117 cm³/mol. The maximum absolute atomic E-state index is 12.2. The summed E-state index contributed by atoms with van der Waals surface area (Å²) in [5.74, 6) is 4.67. The van der Waals surface area contributed by atoms with Crippen LogP contribution in [0.3, 0.4) is 0 Å². The molecule has 0 aliphatic heterocycles. The van der Waals surface area contributed by atoms with Gasteiger partial charge >= 0.3 is 5.97 Å². The van der Waals surface area contributed by atoms with Crippen LogP contribution in [0.15, 0.2) is 42.6 Å². The van der Waals surface area contributed by atoms with Crippen LogP contribution in [0.2, 0.25) is 0 Å². The number of hydrazine groups is 1. The molecule has 0 fully saturated rings. The molecule has 4 N–H and O–H groups in total. The molecular weight excluding hydrogens is 382 g/mol. The number of aromatic nitrogens is 1. The van der Waals surface area contributed by atoms with Gasteiger partial charge in [0.2, 0.25) is 0 Å². The number of nitrogens with two attached hydrogens (primary N) is 1. The van der Waals surface area contributed by atoms with Gasteiger partial charge in [-0.25, -0.2) is 4.79 Å². The van der Waals surface area contributed by atoms with Crippen LogP contribution in [0.4, 0.5) is 0 Å². The Morgan fingerprint density at radius 3 is 2.83 bits per heavy atom. The van der Waals surface area contributed by atoms with E-state index < -0.39 is 5.97 Å². The fourth-order valence-corrected chi connectivity index (χ4v) is 5.42. The fraction of sp³-hybridized carbons (Fsp3) is 0.304. The first-order valence-electron chi connectivity index (χ1n) is 9.75. The highest BCUT2D eigenvalue weighted by Gasteiger charge is 2.33. The molecule has 2 aromatic heterocycles. The average Bonchev–Trinajstić information content (AvgIpc) is 3.06. The Hall–Kier alpha value is -2.54. The Balaban J connectivity index is 1.83. The Morgan fingerprint density at radius 2 is 2.07 bits per heavy atom. The molecule has 1 aliphatic rings. The highest BCUT2D eigenvalue weighted by Crippen LogP contribution is 2.45. The van der Waals surface area contributed by atoms with E-state index in [1.165, 1.54) is 4.88 Å². The third-order valence-corrected chi connectivity index (χ3v) is 6.93. The summed E-state index contributed by atoms with van der Waals surface area (Å²) >= 11 is 1.63. The molecule has 0 saturated carbocycles. The van der Waals surface area contributed by atoms with Crippen molar-refractivity contribution >= 4 is 17.3 Å². The fourth-order valence-electron chi connectivity index (χ4n) is 4.12. The van der Waals surface area contributed by atoms with Gasteiger partial charge in [-0.1, -0.05) is 38.1 Å². The summed E-state index contributed by atoms with van der Waals surface area (Å²) in [7, 11) is 0. The first kappa shape index (κ1) is 19.8. The van der Waals surface area contributed by atoms with Crippen molar-refractivity contribution in [2.24, 2.45) is 11.3 Å². The molecule has 0 saturated heterocycles. The van der Waals surface area contributed by atoms with Gasteiger partial charge in [0.25, 0.3) is 0 Å². The standard InChI is InChI=1S/C23H25N3O2S/c1-23(2)9-8-19-17(12-23)20(22(27)28)21(29-19)15-6-3-5-14(11-15)16-7-4-10-25-18(16)13-26-24/h3-7,10-11,26H,8-9,12-13,24H2,1-2H3,(H,27,28). The number of carbonyl (C=O) groups is 1. The number of hydrogen-bond acceptors (Lipinski definition) is 5. The molecule has 29 heavy (non-hydrogen) atoms. The third-order valence-electron chi connectivity index (χ3n) is 5.58. The number of aromatic carboxylic acids is 1. The monoisotopic (exact) mass is 407 g/mol. The number of pyridine rings is 1.